The average Bonchev–Trinajstić information content (AvgIpc) is 2.37. The lowest BCUT2D eigenvalue weighted by atomic mass is 9.77. The van der Waals surface area contributed by atoms with Crippen LogP contribution in [0.25, 0.3) is 0 Å². The van der Waals surface area contributed by atoms with Crippen LogP contribution >= 0.6 is 0 Å². The van der Waals surface area contributed by atoms with Crippen LogP contribution in [0.4, 0.5) is 11.4 Å². The van der Waals surface area contributed by atoms with Crippen molar-refractivity contribution in [3.63, 3.8) is 0 Å². The molecule has 0 aliphatic heterocycles. The molecule has 1 aromatic carbocycles. The van der Waals surface area contributed by atoms with Crippen LogP contribution in [0, 0.1) is 10.1 Å². The Labute approximate surface area is 120 Å². The van der Waals surface area contributed by atoms with E-state index in [9.17, 15) is 19.7 Å². The van der Waals surface area contributed by atoms with E-state index in [1.165, 1.54) is 18.2 Å². The number of para-hydroxylation sites is 2. The second-order valence-electron chi connectivity index (χ2n) is 4.92. The maximum absolute atomic E-state index is 11.8. The third-order valence-electron chi connectivity index (χ3n) is 3.58. The molecule has 1 fully saturated rings. The number of carboxylic acid groups (broad SMARTS) is 1. The predicted molar refractivity (Wildman–Crippen MR) is 73.9 cm³/mol. The average molecular weight is 293 g/mol. The molecule has 1 aliphatic rings. The SMILES string of the molecule is O=C(CNC1(C(=O)O)CCC1)Nc1ccccc1[N+](=O)[O-]. The summed E-state index contributed by atoms with van der Waals surface area (Å²) in [5.74, 6) is -1.50. The fraction of sp³-hybridized carbons (Fsp3) is 0.385. The maximum atomic E-state index is 11.8. The van der Waals surface area contributed by atoms with Crippen molar-refractivity contribution in [3.05, 3.63) is 34.4 Å². The number of benzene rings is 1. The van der Waals surface area contributed by atoms with Crippen molar-refractivity contribution in [1.29, 1.82) is 0 Å². The van der Waals surface area contributed by atoms with E-state index in [1.54, 1.807) is 6.07 Å². The molecule has 0 unspecified atom stereocenters. The predicted octanol–water partition coefficient (Wildman–Crippen LogP) is 1.13. The second-order valence-corrected chi connectivity index (χ2v) is 4.92. The number of nitro groups is 1. The number of carboxylic acids is 1. The Morgan fingerprint density at radius 2 is 2.00 bits per heavy atom. The van der Waals surface area contributed by atoms with Crippen molar-refractivity contribution in [2.24, 2.45) is 0 Å². The van der Waals surface area contributed by atoms with Gasteiger partial charge in [0.05, 0.1) is 11.5 Å². The van der Waals surface area contributed by atoms with Crippen LogP contribution in [0.5, 0.6) is 0 Å². The van der Waals surface area contributed by atoms with Crippen LogP contribution in [0.1, 0.15) is 19.3 Å². The first-order valence-corrected chi connectivity index (χ1v) is 6.46. The minimum Gasteiger partial charge on any atom is -0.480 e. The van der Waals surface area contributed by atoms with Crippen molar-refractivity contribution < 1.29 is 19.6 Å². The van der Waals surface area contributed by atoms with Gasteiger partial charge in [-0.3, -0.25) is 25.0 Å². The van der Waals surface area contributed by atoms with Crippen LogP contribution < -0.4 is 10.6 Å². The third kappa shape index (κ3) is 3.16. The number of rotatable bonds is 6. The highest BCUT2D eigenvalue weighted by Gasteiger charge is 2.44. The van der Waals surface area contributed by atoms with Crippen molar-refractivity contribution >= 4 is 23.3 Å². The van der Waals surface area contributed by atoms with E-state index in [-0.39, 0.29) is 17.9 Å². The van der Waals surface area contributed by atoms with Crippen molar-refractivity contribution in [1.82, 2.24) is 5.32 Å². The molecule has 112 valence electrons. The molecule has 1 amide bonds. The van der Waals surface area contributed by atoms with Gasteiger partial charge in [0, 0.05) is 6.07 Å². The lowest BCUT2D eigenvalue weighted by Gasteiger charge is -2.38. The highest BCUT2D eigenvalue weighted by Crippen LogP contribution is 2.31. The van der Waals surface area contributed by atoms with E-state index in [1.807, 2.05) is 0 Å². The highest BCUT2D eigenvalue weighted by atomic mass is 16.6. The summed E-state index contributed by atoms with van der Waals surface area (Å²) in [6.07, 6.45) is 1.74. The topological polar surface area (TPSA) is 122 Å². The van der Waals surface area contributed by atoms with Gasteiger partial charge in [-0.2, -0.15) is 0 Å². The summed E-state index contributed by atoms with van der Waals surface area (Å²) >= 11 is 0. The minimum absolute atomic E-state index is 0.0901. The van der Waals surface area contributed by atoms with Gasteiger partial charge in [0.25, 0.3) is 5.69 Å². The zero-order valence-corrected chi connectivity index (χ0v) is 11.2. The number of amides is 1. The van der Waals surface area contributed by atoms with Crippen LogP contribution in [0.15, 0.2) is 24.3 Å². The fourth-order valence-corrected chi connectivity index (χ4v) is 2.18. The molecular formula is C13H15N3O5. The number of hydrogen-bond acceptors (Lipinski definition) is 5. The van der Waals surface area contributed by atoms with E-state index < -0.39 is 22.3 Å². The first kappa shape index (κ1) is 14.9. The highest BCUT2D eigenvalue weighted by molar-refractivity contribution is 5.95. The molecule has 8 heteroatoms. The number of carbonyl (C=O) groups is 2. The van der Waals surface area contributed by atoms with Crippen LogP contribution in [0.2, 0.25) is 0 Å². The molecule has 2 rings (SSSR count). The molecule has 3 N–H and O–H groups in total. The summed E-state index contributed by atoms with van der Waals surface area (Å²) in [4.78, 5) is 33.2. The Bertz CT molecular complexity index is 583. The zero-order chi connectivity index (χ0) is 15.5. The normalized spacial score (nSPS) is 15.8. The first-order chi connectivity index (χ1) is 9.94. The Hall–Kier alpha value is -2.48. The molecule has 0 saturated heterocycles. The van der Waals surface area contributed by atoms with E-state index in [2.05, 4.69) is 10.6 Å². The van der Waals surface area contributed by atoms with Gasteiger partial charge in [0.2, 0.25) is 5.91 Å². The smallest absolute Gasteiger partial charge is 0.323 e. The Morgan fingerprint density at radius 3 is 2.52 bits per heavy atom. The Morgan fingerprint density at radius 1 is 1.33 bits per heavy atom. The number of anilines is 1. The van der Waals surface area contributed by atoms with Gasteiger partial charge in [-0.15, -0.1) is 0 Å². The number of nitro benzene ring substituents is 1. The molecule has 0 spiro atoms. The minimum atomic E-state index is -1.04. The Balaban J connectivity index is 1.97. The lowest BCUT2D eigenvalue weighted by molar-refractivity contribution is -0.383. The first-order valence-electron chi connectivity index (χ1n) is 6.46. The molecule has 0 aromatic heterocycles. The molecule has 0 bridgehead atoms. The van der Waals surface area contributed by atoms with E-state index >= 15 is 0 Å². The lowest BCUT2D eigenvalue weighted by Crippen LogP contribution is -2.58. The maximum Gasteiger partial charge on any atom is 0.323 e. The van der Waals surface area contributed by atoms with Gasteiger partial charge in [0.1, 0.15) is 11.2 Å². The van der Waals surface area contributed by atoms with E-state index in [4.69, 9.17) is 5.11 Å². The van der Waals surface area contributed by atoms with Crippen molar-refractivity contribution in [3.8, 4) is 0 Å². The van der Waals surface area contributed by atoms with E-state index in [0.29, 0.717) is 12.8 Å². The summed E-state index contributed by atoms with van der Waals surface area (Å²) in [5.41, 5.74) is -1.16. The molecule has 8 nitrogen and oxygen atoms in total. The molecule has 21 heavy (non-hydrogen) atoms. The monoisotopic (exact) mass is 293 g/mol. The van der Waals surface area contributed by atoms with Gasteiger partial charge in [-0.25, -0.2) is 0 Å². The summed E-state index contributed by atoms with van der Waals surface area (Å²) < 4.78 is 0. The number of nitrogens with zero attached hydrogens (tertiary/aromatic N) is 1. The number of nitrogens with one attached hydrogen (secondary N) is 2. The molecule has 1 aliphatic carbocycles. The standard InChI is InChI=1S/C13H15N3O5/c17-11(8-14-13(12(18)19)6-3-7-13)15-9-4-1-2-5-10(9)16(20)21/h1-2,4-5,14H,3,6-8H2,(H,15,17)(H,18,19). The molecular weight excluding hydrogens is 278 g/mol. The van der Waals surface area contributed by atoms with Gasteiger partial charge in [-0.1, -0.05) is 12.1 Å². The zero-order valence-electron chi connectivity index (χ0n) is 11.2. The fourth-order valence-electron chi connectivity index (χ4n) is 2.18. The largest absolute Gasteiger partial charge is 0.480 e. The van der Waals surface area contributed by atoms with Gasteiger partial charge >= 0.3 is 5.97 Å². The summed E-state index contributed by atoms with van der Waals surface area (Å²) in [6.45, 7) is -0.210. The second kappa shape index (κ2) is 5.88. The van der Waals surface area contributed by atoms with Crippen LogP contribution in [-0.4, -0.2) is 34.0 Å². The van der Waals surface area contributed by atoms with Crippen LogP contribution in [-0.2, 0) is 9.59 Å². The summed E-state index contributed by atoms with van der Waals surface area (Å²) in [5, 5.41) is 25.1. The van der Waals surface area contributed by atoms with Crippen molar-refractivity contribution in [2.75, 3.05) is 11.9 Å². The molecule has 1 aromatic rings. The molecule has 1 saturated carbocycles. The number of carbonyl (C=O) groups excluding carboxylic acids is 1. The Kier molecular flexibility index (Phi) is 4.18. The van der Waals surface area contributed by atoms with Gasteiger partial charge in [-0.05, 0) is 25.3 Å². The number of aliphatic carboxylic acids is 1. The molecule has 0 heterocycles. The van der Waals surface area contributed by atoms with Gasteiger partial charge in [0.15, 0.2) is 0 Å². The number of hydrogen-bond donors (Lipinski definition) is 3. The summed E-state index contributed by atoms with van der Waals surface area (Å²) in [6, 6.07) is 5.78. The van der Waals surface area contributed by atoms with Gasteiger partial charge < -0.3 is 10.4 Å². The summed E-state index contributed by atoms with van der Waals surface area (Å²) in [7, 11) is 0. The quantitative estimate of drug-likeness (QED) is 0.534. The third-order valence-corrected chi connectivity index (χ3v) is 3.58. The molecule has 0 radical (unpaired) electrons. The molecule has 0 atom stereocenters. The van der Waals surface area contributed by atoms with Crippen molar-refractivity contribution in [2.45, 2.75) is 24.8 Å². The van der Waals surface area contributed by atoms with Crippen LogP contribution in [0.3, 0.4) is 0 Å². The van der Waals surface area contributed by atoms with E-state index in [0.717, 1.165) is 6.42 Å².